The summed E-state index contributed by atoms with van der Waals surface area (Å²) >= 11 is 0. The molecule has 3 heteroatoms. The molecule has 2 atom stereocenters. The minimum atomic E-state index is -0.745. The van der Waals surface area contributed by atoms with Gasteiger partial charge in [0.2, 0.25) is 0 Å². The van der Waals surface area contributed by atoms with Gasteiger partial charge in [-0.15, -0.1) is 0 Å². The molecule has 1 N–H and O–H groups in total. The van der Waals surface area contributed by atoms with Crippen LogP contribution in [0.5, 0.6) is 5.75 Å². The Kier molecular flexibility index (Phi) is 3.69. The third kappa shape index (κ3) is 2.61. The highest BCUT2D eigenvalue weighted by Gasteiger charge is 2.35. The molecule has 94 valence electrons. The van der Waals surface area contributed by atoms with Gasteiger partial charge >= 0.3 is 0 Å². The smallest absolute Gasteiger partial charge is 0.118 e. The number of hydrogen-bond acceptors (Lipinski definition) is 3. The van der Waals surface area contributed by atoms with Crippen molar-refractivity contribution in [1.29, 1.82) is 0 Å². The van der Waals surface area contributed by atoms with E-state index in [9.17, 15) is 5.11 Å². The summed E-state index contributed by atoms with van der Waals surface area (Å²) in [5.74, 6) is 0.816. The molecule has 0 spiro atoms. The fourth-order valence-electron chi connectivity index (χ4n) is 2.57. The van der Waals surface area contributed by atoms with Gasteiger partial charge in [-0.1, -0.05) is 12.1 Å². The van der Waals surface area contributed by atoms with Crippen molar-refractivity contribution >= 4 is 0 Å². The van der Waals surface area contributed by atoms with Crippen LogP contribution in [0.25, 0.3) is 0 Å². The topological polar surface area (TPSA) is 38.7 Å². The van der Waals surface area contributed by atoms with Crippen molar-refractivity contribution in [2.75, 3.05) is 14.2 Å². The molecule has 1 aliphatic carbocycles. The van der Waals surface area contributed by atoms with E-state index in [1.807, 2.05) is 24.3 Å². The van der Waals surface area contributed by atoms with Crippen LogP contribution < -0.4 is 4.74 Å². The Labute approximate surface area is 102 Å². The van der Waals surface area contributed by atoms with E-state index in [0.29, 0.717) is 6.42 Å². The van der Waals surface area contributed by atoms with Crippen molar-refractivity contribution in [2.45, 2.75) is 37.4 Å². The molecule has 2 rings (SSSR count). The maximum Gasteiger partial charge on any atom is 0.118 e. The van der Waals surface area contributed by atoms with Crippen LogP contribution in [0.3, 0.4) is 0 Å². The molecule has 0 bridgehead atoms. The van der Waals surface area contributed by atoms with Gasteiger partial charge < -0.3 is 14.6 Å². The second-order valence-corrected chi connectivity index (χ2v) is 4.71. The Morgan fingerprint density at radius 1 is 1.24 bits per heavy atom. The molecular formula is C14H20O3. The van der Waals surface area contributed by atoms with E-state index < -0.39 is 5.60 Å². The van der Waals surface area contributed by atoms with E-state index in [0.717, 1.165) is 30.6 Å². The van der Waals surface area contributed by atoms with Crippen LogP contribution in [-0.2, 0) is 10.3 Å². The lowest BCUT2D eigenvalue weighted by atomic mass is 9.78. The highest BCUT2D eigenvalue weighted by atomic mass is 16.5. The summed E-state index contributed by atoms with van der Waals surface area (Å²) in [5, 5.41) is 10.7. The zero-order valence-corrected chi connectivity index (χ0v) is 10.5. The zero-order valence-electron chi connectivity index (χ0n) is 10.5. The number of rotatable bonds is 3. The summed E-state index contributed by atoms with van der Waals surface area (Å²) in [6, 6.07) is 7.67. The van der Waals surface area contributed by atoms with Gasteiger partial charge in [0.15, 0.2) is 0 Å². The number of methoxy groups -OCH3 is 2. The SMILES string of the molecule is COc1ccc(C2(O)CCCC(OC)C2)cc1. The Morgan fingerprint density at radius 3 is 2.53 bits per heavy atom. The minimum Gasteiger partial charge on any atom is -0.497 e. The van der Waals surface area contributed by atoms with E-state index in [-0.39, 0.29) is 6.10 Å². The fourth-order valence-corrected chi connectivity index (χ4v) is 2.57. The number of aliphatic hydroxyl groups is 1. The molecule has 3 nitrogen and oxygen atoms in total. The van der Waals surface area contributed by atoms with E-state index in [4.69, 9.17) is 9.47 Å². The maximum atomic E-state index is 10.7. The normalized spacial score (nSPS) is 29.0. The monoisotopic (exact) mass is 236 g/mol. The summed E-state index contributed by atoms with van der Waals surface area (Å²) in [7, 11) is 3.36. The van der Waals surface area contributed by atoms with Crippen LogP contribution in [0.4, 0.5) is 0 Å². The number of ether oxygens (including phenoxy) is 2. The van der Waals surface area contributed by atoms with E-state index in [2.05, 4.69) is 0 Å². The van der Waals surface area contributed by atoms with Crippen LogP contribution in [0.2, 0.25) is 0 Å². The van der Waals surface area contributed by atoms with Crippen molar-refractivity contribution in [1.82, 2.24) is 0 Å². The van der Waals surface area contributed by atoms with Crippen molar-refractivity contribution in [3.8, 4) is 5.75 Å². The highest BCUT2D eigenvalue weighted by Crippen LogP contribution is 2.38. The van der Waals surface area contributed by atoms with Gasteiger partial charge in [-0.3, -0.25) is 0 Å². The van der Waals surface area contributed by atoms with Gasteiger partial charge in [0.25, 0.3) is 0 Å². The molecule has 0 heterocycles. The van der Waals surface area contributed by atoms with Crippen molar-refractivity contribution < 1.29 is 14.6 Å². The minimum absolute atomic E-state index is 0.163. The number of benzene rings is 1. The second kappa shape index (κ2) is 5.07. The van der Waals surface area contributed by atoms with Crippen molar-refractivity contribution in [2.24, 2.45) is 0 Å². The molecule has 1 saturated carbocycles. The third-order valence-electron chi connectivity index (χ3n) is 3.64. The standard InChI is InChI=1S/C14H20O3/c1-16-12-7-5-11(6-8-12)14(15)9-3-4-13(10-14)17-2/h5-8,13,15H,3-4,9-10H2,1-2H3. The molecule has 0 saturated heterocycles. The average Bonchev–Trinajstić information content (AvgIpc) is 2.39. The highest BCUT2D eigenvalue weighted by molar-refractivity contribution is 5.31. The predicted octanol–water partition coefficient (Wildman–Crippen LogP) is 2.47. The zero-order chi connectivity index (χ0) is 12.3. The van der Waals surface area contributed by atoms with E-state index in [1.165, 1.54) is 0 Å². The van der Waals surface area contributed by atoms with Crippen LogP contribution in [0, 0.1) is 0 Å². The largest absolute Gasteiger partial charge is 0.497 e. The molecular weight excluding hydrogens is 216 g/mol. The Balaban J connectivity index is 2.18. The molecule has 1 aromatic rings. The first kappa shape index (κ1) is 12.4. The summed E-state index contributed by atoms with van der Waals surface area (Å²) < 4.78 is 10.5. The Morgan fingerprint density at radius 2 is 1.94 bits per heavy atom. The summed E-state index contributed by atoms with van der Waals surface area (Å²) in [4.78, 5) is 0. The predicted molar refractivity (Wildman–Crippen MR) is 66.2 cm³/mol. The first-order valence-corrected chi connectivity index (χ1v) is 6.07. The molecule has 1 aliphatic rings. The van der Waals surface area contributed by atoms with Crippen molar-refractivity contribution in [3.63, 3.8) is 0 Å². The number of hydrogen-bond donors (Lipinski definition) is 1. The molecule has 1 aromatic carbocycles. The summed E-state index contributed by atoms with van der Waals surface area (Å²) in [6.45, 7) is 0. The molecule has 1 fully saturated rings. The molecule has 0 aliphatic heterocycles. The van der Waals surface area contributed by atoms with Gasteiger partial charge in [-0.25, -0.2) is 0 Å². The van der Waals surface area contributed by atoms with Crippen LogP contribution in [-0.4, -0.2) is 25.4 Å². The first-order chi connectivity index (χ1) is 8.18. The molecule has 17 heavy (non-hydrogen) atoms. The van der Waals surface area contributed by atoms with Gasteiger partial charge in [0.05, 0.1) is 18.8 Å². The lowest BCUT2D eigenvalue weighted by Gasteiger charge is -2.36. The van der Waals surface area contributed by atoms with E-state index in [1.54, 1.807) is 14.2 Å². The van der Waals surface area contributed by atoms with Crippen molar-refractivity contribution in [3.05, 3.63) is 29.8 Å². The third-order valence-corrected chi connectivity index (χ3v) is 3.64. The van der Waals surface area contributed by atoms with Crippen LogP contribution in [0.1, 0.15) is 31.2 Å². The summed E-state index contributed by atoms with van der Waals surface area (Å²) in [5.41, 5.74) is 0.214. The second-order valence-electron chi connectivity index (χ2n) is 4.71. The lowest BCUT2D eigenvalue weighted by Crippen LogP contribution is -2.35. The van der Waals surface area contributed by atoms with Crippen LogP contribution >= 0.6 is 0 Å². The Bertz CT molecular complexity index is 360. The van der Waals surface area contributed by atoms with E-state index >= 15 is 0 Å². The van der Waals surface area contributed by atoms with Crippen LogP contribution in [0.15, 0.2) is 24.3 Å². The molecule has 2 unspecified atom stereocenters. The van der Waals surface area contributed by atoms with Gasteiger partial charge in [0.1, 0.15) is 5.75 Å². The summed E-state index contributed by atoms with van der Waals surface area (Å²) in [6.07, 6.45) is 3.68. The average molecular weight is 236 g/mol. The fraction of sp³-hybridized carbons (Fsp3) is 0.571. The maximum absolute atomic E-state index is 10.7. The molecule has 0 amide bonds. The Hall–Kier alpha value is -1.06. The quantitative estimate of drug-likeness (QED) is 0.876. The molecule has 0 radical (unpaired) electrons. The molecule has 0 aromatic heterocycles. The first-order valence-electron chi connectivity index (χ1n) is 6.07. The van der Waals surface area contributed by atoms with Gasteiger partial charge in [0, 0.05) is 13.5 Å². The van der Waals surface area contributed by atoms with Gasteiger partial charge in [-0.2, -0.15) is 0 Å². The van der Waals surface area contributed by atoms with Gasteiger partial charge in [-0.05, 0) is 37.0 Å². The lowest BCUT2D eigenvalue weighted by molar-refractivity contribution is -0.0631.